The Morgan fingerprint density at radius 1 is 1.17 bits per heavy atom. The van der Waals surface area contributed by atoms with Crippen molar-refractivity contribution in [3.8, 4) is 0 Å². The molecular formula is C15H20BrClO. The van der Waals surface area contributed by atoms with Crippen LogP contribution in [0.5, 0.6) is 0 Å². The van der Waals surface area contributed by atoms with Crippen LogP contribution < -0.4 is 0 Å². The molecule has 1 aromatic carbocycles. The Kier molecular flexibility index (Phi) is 7.60. The second kappa shape index (κ2) is 8.71. The molecule has 0 saturated carbocycles. The molecule has 0 fully saturated rings. The molecule has 0 aliphatic heterocycles. The van der Waals surface area contributed by atoms with Gasteiger partial charge in [0.15, 0.2) is 5.78 Å². The van der Waals surface area contributed by atoms with Gasteiger partial charge in [0.05, 0.1) is 0 Å². The highest BCUT2D eigenvalue weighted by molar-refractivity contribution is 9.10. The fraction of sp³-hybridized carbons (Fsp3) is 0.533. The summed E-state index contributed by atoms with van der Waals surface area (Å²) in [6.07, 6.45) is 7.81. The Bertz CT molecular complexity index is 390. The van der Waals surface area contributed by atoms with Gasteiger partial charge in [0.25, 0.3) is 0 Å². The SMILES string of the molecule is CCCCCCCCC(=O)c1cc(Cl)ccc1Br. The number of hydrogen-bond donors (Lipinski definition) is 0. The lowest BCUT2D eigenvalue weighted by molar-refractivity contribution is 0.0978. The van der Waals surface area contributed by atoms with Gasteiger partial charge < -0.3 is 0 Å². The van der Waals surface area contributed by atoms with Gasteiger partial charge in [0, 0.05) is 21.5 Å². The molecule has 0 spiro atoms. The molecular weight excluding hydrogens is 312 g/mol. The Morgan fingerprint density at radius 3 is 2.56 bits per heavy atom. The summed E-state index contributed by atoms with van der Waals surface area (Å²) in [4.78, 5) is 12.0. The number of halogens is 2. The van der Waals surface area contributed by atoms with Crippen molar-refractivity contribution in [3.05, 3.63) is 33.3 Å². The molecule has 0 aliphatic rings. The largest absolute Gasteiger partial charge is 0.294 e. The average molecular weight is 332 g/mol. The molecule has 0 aliphatic carbocycles. The molecule has 1 nitrogen and oxygen atoms in total. The molecule has 0 N–H and O–H groups in total. The summed E-state index contributed by atoms with van der Waals surface area (Å²) in [7, 11) is 0. The Balaban J connectivity index is 2.34. The van der Waals surface area contributed by atoms with Crippen LogP contribution in [-0.4, -0.2) is 5.78 Å². The molecule has 18 heavy (non-hydrogen) atoms. The van der Waals surface area contributed by atoms with Gasteiger partial charge in [0.2, 0.25) is 0 Å². The van der Waals surface area contributed by atoms with E-state index < -0.39 is 0 Å². The molecule has 100 valence electrons. The summed E-state index contributed by atoms with van der Waals surface area (Å²) in [5, 5.41) is 0.615. The lowest BCUT2D eigenvalue weighted by Gasteiger charge is -2.04. The minimum atomic E-state index is 0.180. The van der Waals surface area contributed by atoms with Gasteiger partial charge >= 0.3 is 0 Å². The lowest BCUT2D eigenvalue weighted by Crippen LogP contribution is -2.00. The van der Waals surface area contributed by atoms with Gasteiger partial charge in [-0.1, -0.05) is 66.6 Å². The van der Waals surface area contributed by atoms with E-state index in [1.165, 1.54) is 25.7 Å². The zero-order valence-electron chi connectivity index (χ0n) is 10.8. The quantitative estimate of drug-likeness (QED) is 0.419. The van der Waals surface area contributed by atoms with Crippen LogP contribution in [0.15, 0.2) is 22.7 Å². The number of Topliss-reactive ketones (excluding diaryl/α,β-unsaturated/α-hetero) is 1. The van der Waals surface area contributed by atoms with Crippen molar-refractivity contribution >= 4 is 33.3 Å². The van der Waals surface area contributed by atoms with Gasteiger partial charge in [-0.2, -0.15) is 0 Å². The maximum absolute atomic E-state index is 12.0. The van der Waals surface area contributed by atoms with Crippen LogP contribution in [0, 0.1) is 0 Å². The maximum Gasteiger partial charge on any atom is 0.164 e. The van der Waals surface area contributed by atoms with Crippen molar-refractivity contribution in [2.24, 2.45) is 0 Å². The number of carbonyl (C=O) groups is 1. The van der Waals surface area contributed by atoms with Crippen LogP contribution in [0.4, 0.5) is 0 Å². The van der Waals surface area contributed by atoms with Gasteiger partial charge in [-0.3, -0.25) is 4.79 Å². The first-order valence-corrected chi connectivity index (χ1v) is 7.80. The molecule has 0 unspecified atom stereocenters. The number of hydrogen-bond acceptors (Lipinski definition) is 1. The Morgan fingerprint density at radius 2 is 1.83 bits per heavy atom. The van der Waals surface area contributed by atoms with E-state index in [4.69, 9.17) is 11.6 Å². The Labute approximate surface area is 123 Å². The van der Waals surface area contributed by atoms with Crippen LogP contribution in [0.3, 0.4) is 0 Å². The average Bonchev–Trinajstić information content (AvgIpc) is 2.36. The van der Waals surface area contributed by atoms with Gasteiger partial charge in [-0.25, -0.2) is 0 Å². The van der Waals surface area contributed by atoms with Crippen LogP contribution in [-0.2, 0) is 0 Å². The second-order valence-corrected chi connectivity index (χ2v) is 5.86. The van der Waals surface area contributed by atoms with E-state index in [1.54, 1.807) is 12.1 Å². The first-order chi connectivity index (χ1) is 8.65. The molecule has 0 aromatic heterocycles. The summed E-state index contributed by atoms with van der Waals surface area (Å²) in [6.45, 7) is 2.21. The molecule has 1 rings (SSSR count). The summed E-state index contributed by atoms with van der Waals surface area (Å²) in [6, 6.07) is 5.36. The lowest BCUT2D eigenvalue weighted by atomic mass is 10.0. The van der Waals surface area contributed by atoms with Crippen molar-refractivity contribution in [2.45, 2.75) is 51.9 Å². The van der Waals surface area contributed by atoms with Crippen molar-refractivity contribution in [1.82, 2.24) is 0 Å². The summed E-state index contributed by atoms with van der Waals surface area (Å²) < 4.78 is 0.836. The molecule has 1 aromatic rings. The molecule has 0 bridgehead atoms. The van der Waals surface area contributed by atoms with Gasteiger partial charge in [-0.15, -0.1) is 0 Å². The van der Waals surface area contributed by atoms with E-state index in [2.05, 4.69) is 22.9 Å². The van der Waals surface area contributed by atoms with E-state index in [1.807, 2.05) is 6.07 Å². The zero-order chi connectivity index (χ0) is 13.4. The number of benzene rings is 1. The van der Waals surface area contributed by atoms with Crippen LogP contribution in [0.1, 0.15) is 62.2 Å². The fourth-order valence-electron chi connectivity index (χ4n) is 1.91. The third kappa shape index (κ3) is 5.53. The summed E-state index contributed by atoms with van der Waals surface area (Å²) in [5.74, 6) is 0.180. The van der Waals surface area contributed by atoms with Crippen LogP contribution in [0.2, 0.25) is 5.02 Å². The van der Waals surface area contributed by atoms with Gasteiger partial charge in [-0.05, 0) is 24.6 Å². The molecule has 0 saturated heterocycles. The third-order valence-corrected chi connectivity index (χ3v) is 3.91. The number of rotatable bonds is 8. The van der Waals surface area contributed by atoms with E-state index in [0.717, 1.165) is 17.3 Å². The van der Waals surface area contributed by atoms with E-state index in [0.29, 0.717) is 17.0 Å². The highest BCUT2D eigenvalue weighted by atomic mass is 79.9. The highest BCUT2D eigenvalue weighted by Crippen LogP contribution is 2.23. The molecule has 0 radical (unpaired) electrons. The minimum absolute atomic E-state index is 0.180. The normalized spacial score (nSPS) is 10.6. The van der Waals surface area contributed by atoms with Gasteiger partial charge in [0.1, 0.15) is 0 Å². The van der Waals surface area contributed by atoms with Crippen LogP contribution >= 0.6 is 27.5 Å². The van der Waals surface area contributed by atoms with E-state index in [9.17, 15) is 4.79 Å². The van der Waals surface area contributed by atoms with Crippen molar-refractivity contribution in [2.75, 3.05) is 0 Å². The molecule has 3 heteroatoms. The van der Waals surface area contributed by atoms with Crippen molar-refractivity contribution < 1.29 is 4.79 Å². The third-order valence-electron chi connectivity index (χ3n) is 2.99. The predicted molar refractivity (Wildman–Crippen MR) is 81.5 cm³/mol. The van der Waals surface area contributed by atoms with E-state index >= 15 is 0 Å². The molecule has 0 atom stereocenters. The van der Waals surface area contributed by atoms with E-state index in [-0.39, 0.29) is 5.78 Å². The fourth-order valence-corrected chi connectivity index (χ4v) is 2.55. The Hall–Kier alpha value is -0.340. The first kappa shape index (κ1) is 15.7. The first-order valence-electron chi connectivity index (χ1n) is 6.63. The predicted octanol–water partition coefficient (Wildman–Crippen LogP) is 6.04. The monoisotopic (exact) mass is 330 g/mol. The summed E-state index contributed by atoms with van der Waals surface area (Å²) in [5.41, 5.74) is 0.705. The van der Waals surface area contributed by atoms with Crippen molar-refractivity contribution in [3.63, 3.8) is 0 Å². The number of ketones is 1. The highest BCUT2D eigenvalue weighted by Gasteiger charge is 2.10. The standard InChI is InChI=1S/C15H20BrClO/c1-2-3-4-5-6-7-8-15(18)13-11-12(17)9-10-14(13)16/h9-11H,2-8H2,1H3. The second-order valence-electron chi connectivity index (χ2n) is 4.57. The van der Waals surface area contributed by atoms with Crippen LogP contribution in [0.25, 0.3) is 0 Å². The molecule has 0 heterocycles. The number of carbonyl (C=O) groups excluding carboxylic acids is 1. The minimum Gasteiger partial charge on any atom is -0.294 e. The van der Waals surface area contributed by atoms with Crippen molar-refractivity contribution in [1.29, 1.82) is 0 Å². The summed E-state index contributed by atoms with van der Waals surface area (Å²) >= 11 is 9.30. The smallest absolute Gasteiger partial charge is 0.164 e. The number of unbranched alkanes of at least 4 members (excludes halogenated alkanes) is 5. The topological polar surface area (TPSA) is 17.1 Å². The zero-order valence-corrected chi connectivity index (χ0v) is 13.2. The molecule has 0 amide bonds. The maximum atomic E-state index is 12.0.